The fraction of sp³-hybridized carbons (Fsp3) is 0.138. The van der Waals surface area contributed by atoms with E-state index in [1.807, 2.05) is 0 Å². The third kappa shape index (κ3) is 5.89. The van der Waals surface area contributed by atoms with E-state index in [0.29, 0.717) is 0 Å². The Bertz CT molecular complexity index is 3300. The van der Waals surface area contributed by atoms with Crippen molar-refractivity contribution in [3.63, 3.8) is 0 Å². The number of anilines is 6. The standard InChI is InChI=1S/C58H48N2O2/c1-33-13-9-17-51(37(33)5)59(52-18-10-14-34(2)38(52)6)45-23-21-41-27-47-49-31-50-48-28-42-22-24-46(60(53-19-11-15-35(3)39(53)7)54-20-12-16-36(4)40(54)8)26-44(42)30-56(48)62-58(50)32-57(49)61-55(47)29-43(41)25-45/h9-32H,1-8H3. The van der Waals surface area contributed by atoms with Crippen molar-refractivity contribution in [2.24, 2.45) is 0 Å². The second-order valence-corrected chi connectivity index (χ2v) is 17.4. The molecule has 2 heterocycles. The Hall–Kier alpha value is -7.30. The first-order valence-corrected chi connectivity index (χ1v) is 21.6. The normalized spacial score (nSPS) is 11.9. The smallest absolute Gasteiger partial charge is 0.139 e. The lowest BCUT2D eigenvalue weighted by Crippen LogP contribution is -2.13. The summed E-state index contributed by atoms with van der Waals surface area (Å²) in [5.41, 5.74) is 20.5. The van der Waals surface area contributed by atoms with Gasteiger partial charge in [0.2, 0.25) is 0 Å². The minimum absolute atomic E-state index is 0.819. The summed E-state index contributed by atoms with van der Waals surface area (Å²) < 4.78 is 13.3. The van der Waals surface area contributed by atoms with Gasteiger partial charge in [0.1, 0.15) is 22.3 Å². The van der Waals surface area contributed by atoms with E-state index in [-0.39, 0.29) is 0 Å². The number of furan rings is 2. The molecule has 4 nitrogen and oxygen atoms in total. The van der Waals surface area contributed by atoms with E-state index in [2.05, 4.69) is 211 Å². The first-order chi connectivity index (χ1) is 30.0. The molecule has 0 bridgehead atoms. The molecular formula is C58H48N2O2. The highest BCUT2D eigenvalue weighted by molar-refractivity contribution is 6.18. The fourth-order valence-corrected chi connectivity index (χ4v) is 9.51. The van der Waals surface area contributed by atoms with E-state index in [1.165, 1.54) is 78.0 Å². The third-order valence-electron chi connectivity index (χ3n) is 13.7. The number of hydrogen-bond acceptors (Lipinski definition) is 4. The van der Waals surface area contributed by atoms with Gasteiger partial charge < -0.3 is 18.6 Å². The summed E-state index contributed by atoms with van der Waals surface area (Å²) in [5, 5.41) is 8.96. The van der Waals surface area contributed by atoms with Gasteiger partial charge in [-0.1, -0.05) is 60.7 Å². The molecule has 0 saturated carbocycles. The Labute approximate surface area is 362 Å². The summed E-state index contributed by atoms with van der Waals surface area (Å²) in [6, 6.07) is 53.2. The van der Waals surface area contributed by atoms with Gasteiger partial charge in [-0.05, 0) is 200 Å². The number of aryl methyl sites for hydroxylation is 4. The largest absolute Gasteiger partial charge is 0.456 e. The van der Waals surface area contributed by atoms with Gasteiger partial charge in [-0.15, -0.1) is 0 Å². The minimum atomic E-state index is 0.819. The Kier molecular flexibility index (Phi) is 8.59. The molecule has 62 heavy (non-hydrogen) atoms. The van der Waals surface area contributed by atoms with Crippen LogP contribution in [0.2, 0.25) is 0 Å². The number of hydrogen-bond donors (Lipinski definition) is 0. The van der Waals surface area contributed by atoms with Gasteiger partial charge in [-0.2, -0.15) is 0 Å². The van der Waals surface area contributed by atoms with Crippen molar-refractivity contribution in [2.75, 3.05) is 9.80 Å². The molecule has 0 atom stereocenters. The summed E-state index contributed by atoms with van der Waals surface area (Å²) in [6.45, 7) is 17.6. The van der Waals surface area contributed by atoms with Gasteiger partial charge in [0, 0.05) is 61.7 Å². The molecule has 0 aliphatic carbocycles. The molecule has 302 valence electrons. The maximum absolute atomic E-state index is 6.66. The first kappa shape index (κ1) is 37.7. The van der Waals surface area contributed by atoms with Crippen LogP contribution in [0.25, 0.3) is 65.4 Å². The minimum Gasteiger partial charge on any atom is -0.456 e. The molecule has 0 amide bonds. The monoisotopic (exact) mass is 804 g/mol. The molecule has 0 spiro atoms. The van der Waals surface area contributed by atoms with Crippen LogP contribution in [0.5, 0.6) is 0 Å². The average Bonchev–Trinajstić information content (AvgIpc) is 3.79. The van der Waals surface area contributed by atoms with Gasteiger partial charge >= 0.3 is 0 Å². The molecule has 11 aromatic rings. The predicted octanol–water partition coefficient (Wildman–Crippen LogP) is 17.2. The van der Waals surface area contributed by atoms with Crippen molar-refractivity contribution >= 4 is 99.5 Å². The maximum atomic E-state index is 6.66. The lowest BCUT2D eigenvalue weighted by atomic mass is 10.0. The molecule has 0 N–H and O–H groups in total. The van der Waals surface area contributed by atoms with Crippen molar-refractivity contribution in [3.8, 4) is 0 Å². The molecule has 0 aliphatic rings. The number of fused-ring (bicyclic) bond motifs is 8. The average molecular weight is 805 g/mol. The summed E-state index contributed by atoms with van der Waals surface area (Å²) in [5.74, 6) is 0. The molecule has 4 heteroatoms. The SMILES string of the molecule is Cc1cccc(N(c2ccc3cc4c(cc3c2)oc2cc3oc5cc6cc(N(c7cccc(C)c7C)c7cccc(C)c7C)ccc6cc5c3cc24)c2cccc(C)c2C)c1C. The van der Waals surface area contributed by atoms with Gasteiger partial charge in [0.15, 0.2) is 0 Å². The predicted molar refractivity (Wildman–Crippen MR) is 263 cm³/mol. The van der Waals surface area contributed by atoms with Gasteiger partial charge in [0.05, 0.1) is 0 Å². The lowest BCUT2D eigenvalue weighted by Gasteiger charge is -2.30. The molecule has 2 aromatic heterocycles. The highest BCUT2D eigenvalue weighted by atomic mass is 16.3. The van der Waals surface area contributed by atoms with E-state index in [4.69, 9.17) is 8.83 Å². The van der Waals surface area contributed by atoms with Crippen molar-refractivity contribution < 1.29 is 8.83 Å². The van der Waals surface area contributed by atoms with Gasteiger partial charge in [-0.25, -0.2) is 0 Å². The van der Waals surface area contributed by atoms with Crippen LogP contribution < -0.4 is 9.80 Å². The van der Waals surface area contributed by atoms with Crippen LogP contribution in [0.3, 0.4) is 0 Å². The van der Waals surface area contributed by atoms with Crippen LogP contribution in [0, 0.1) is 55.4 Å². The Morgan fingerprint density at radius 3 is 0.968 bits per heavy atom. The second-order valence-electron chi connectivity index (χ2n) is 17.4. The molecule has 0 saturated heterocycles. The molecule has 0 fully saturated rings. The van der Waals surface area contributed by atoms with Crippen molar-refractivity contribution in [3.05, 3.63) is 190 Å². The van der Waals surface area contributed by atoms with Crippen LogP contribution in [-0.2, 0) is 0 Å². The quantitative estimate of drug-likeness (QED) is 0.168. The molecular weight excluding hydrogens is 757 g/mol. The number of benzene rings is 9. The second kappa shape index (κ2) is 14.1. The third-order valence-corrected chi connectivity index (χ3v) is 13.7. The van der Waals surface area contributed by atoms with Crippen molar-refractivity contribution in [1.82, 2.24) is 0 Å². The summed E-state index contributed by atoms with van der Waals surface area (Å²) in [7, 11) is 0. The van der Waals surface area contributed by atoms with Crippen molar-refractivity contribution in [2.45, 2.75) is 55.4 Å². The van der Waals surface area contributed by atoms with Crippen LogP contribution in [0.1, 0.15) is 44.5 Å². The van der Waals surface area contributed by atoms with E-state index in [0.717, 1.165) is 66.0 Å². The van der Waals surface area contributed by atoms with Crippen LogP contribution in [0.4, 0.5) is 34.1 Å². The van der Waals surface area contributed by atoms with E-state index in [1.54, 1.807) is 0 Å². The van der Waals surface area contributed by atoms with Crippen LogP contribution >= 0.6 is 0 Å². The molecule has 11 rings (SSSR count). The Balaban J connectivity index is 1.02. The maximum Gasteiger partial charge on any atom is 0.139 e. The highest BCUT2D eigenvalue weighted by Gasteiger charge is 2.22. The molecule has 0 unspecified atom stereocenters. The summed E-state index contributed by atoms with van der Waals surface area (Å²) in [4.78, 5) is 4.81. The van der Waals surface area contributed by atoms with Gasteiger partial charge in [-0.3, -0.25) is 0 Å². The molecule has 0 aliphatic heterocycles. The topological polar surface area (TPSA) is 32.8 Å². The Morgan fingerprint density at radius 2 is 0.613 bits per heavy atom. The highest BCUT2D eigenvalue weighted by Crippen LogP contribution is 2.45. The van der Waals surface area contributed by atoms with Gasteiger partial charge in [0.25, 0.3) is 0 Å². The van der Waals surface area contributed by atoms with E-state index in [9.17, 15) is 0 Å². The summed E-state index contributed by atoms with van der Waals surface area (Å²) >= 11 is 0. The lowest BCUT2D eigenvalue weighted by molar-refractivity contribution is 0.656. The number of nitrogens with zero attached hydrogens (tertiary/aromatic N) is 2. The van der Waals surface area contributed by atoms with E-state index < -0.39 is 0 Å². The zero-order valence-electron chi connectivity index (χ0n) is 36.6. The zero-order chi connectivity index (χ0) is 42.6. The van der Waals surface area contributed by atoms with Crippen LogP contribution in [-0.4, -0.2) is 0 Å². The summed E-state index contributed by atoms with van der Waals surface area (Å²) in [6.07, 6.45) is 0. The number of rotatable bonds is 6. The van der Waals surface area contributed by atoms with Crippen molar-refractivity contribution in [1.29, 1.82) is 0 Å². The molecule has 9 aromatic carbocycles. The van der Waals surface area contributed by atoms with Crippen LogP contribution in [0.15, 0.2) is 154 Å². The van der Waals surface area contributed by atoms with E-state index >= 15 is 0 Å². The Morgan fingerprint density at radius 1 is 0.290 bits per heavy atom. The molecule has 0 radical (unpaired) electrons. The first-order valence-electron chi connectivity index (χ1n) is 21.6. The zero-order valence-corrected chi connectivity index (χ0v) is 36.6. The fourth-order valence-electron chi connectivity index (χ4n) is 9.51.